The number of benzene rings is 2. The molecule has 1 heterocycles. The Bertz CT molecular complexity index is 1170. The molecule has 2 aromatic carbocycles. The lowest BCUT2D eigenvalue weighted by atomic mass is 9.98. The summed E-state index contributed by atoms with van der Waals surface area (Å²) in [6.07, 6.45) is -4.88. The number of nitrogens with zero attached hydrogens (tertiary/aromatic N) is 1. The largest absolute Gasteiger partial charge is 0.437 e. The van der Waals surface area contributed by atoms with Crippen molar-refractivity contribution in [2.45, 2.75) is 18.0 Å². The molecule has 3 aromatic rings. The van der Waals surface area contributed by atoms with Crippen LogP contribution in [0.2, 0.25) is 0 Å². The number of nitrogens with two attached hydrogens (primary N) is 1. The summed E-state index contributed by atoms with van der Waals surface area (Å²) in [4.78, 5) is -0.833. The van der Waals surface area contributed by atoms with Crippen LogP contribution in [0.15, 0.2) is 50.3 Å². The van der Waals surface area contributed by atoms with E-state index >= 15 is 0 Å². The highest BCUT2D eigenvalue weighted by Gasteiger charge is 2.40. The van der Waals surface area contributed by atoms with E-state index in [4.69, 9.17) is 9.66 Å². The molecule has 0 bridgehead atoms. The predicted octanol–water partition coefficient (Wildman–Crippen LogP) is 4.88. The van der Waals surface area contributed by atoms with Crippen LogP contribution in [0, 0.1) is 12.7 Å². The van der Waals surface area contributed by atoms with Crippen LogP contribution in [0.5, 0.6) is 0 Å². The smallest absolute Gasteiger partial charge is 0.355 e. The minimum Gasteiger partial charge on any atom is -0.355 e. The highest BCUT2D eigenvalue weighted by atomic mass is 79.9. The van der Waals surface area contributed by atoms with Crippen LogP contribution in [0.25, 0.3) is 22.5 Å². The van der Waals surface area contributed by atoms with E-state index in [-0.39, 0.29) is 16.9 Å². The summed E-state index contributed by atoms with van der Waals surface area (Å²) in [6.45, 7) is 1.79. The second-order valence-electron chi connectivity index (χ2n) is 5.89. The fourth-order valence-corrected chi connectivity index (χ4v) is 3.54. The van der Waals surface area contributed by atoms with Gasteiger partial charge in [-0.2, -0.15) is 13.2 Å². The third-order valence-corrected chi connectivity index (χ3v) is 5.72. The monoisotopic (exact) mass is 478 g/mol. The summed E-state index contributed by atoms with van der Waals surface area (Å²) >= 11 is 3.29. The van der Waals surface area contributed by atoms with Crippen LogP contribution in [-0.2, 0) is 16.2 Å². The second-order valence-corrected chi connectivity index (χ2v) is 8.27. The Hall–Kier alpha value is -2.24. The molecular weight excluding hydrogens is 468 g/mol. The Morgan fingerprint density at radius 1 is 1.11 bits per heavy atom. The lowest BCUT2D eigenvalue weighted by molar-refractivity contribution is -0.142. The minimum atomic E-state index is -4.88. The topological polar surface area (TPSA) is 86.2 Å². The van der Waals surface area contributed by atoms with Crippen LogP contribution in [0.3, 0.4) is 0 Å². The van der Waals surface area contributed by atoms with Crippen molar-refractivity contribution in [1.82, 2.24) is 5.16 Å². The Labute approximate surface area is 165 Å². The highest BCUT2D eigenvalue weighted by molar-refractivity contribution is 9.10. The molecule has 0 saturated carbocycles. The van der Waals surface area contributed by atoms with Crippen molar-refractivity contribution in [3.05, 3.63) is 57.9 Å². The molecule has 0 fully saturated rings. The summed E-state index contributed by atoms with van der Waals surface area (Å²) in [5.74, 6) is -1.53. The summed E-state index contributed by atoms with van der Waals surface area (Å²) in [5, 5.41) is 8.01. The number of aromatic nitrogens is 1. The first-order valence-corrected chi connectivity index (χ1v) is 9.89. The van der Waals surface area contributed by atoms with E-state index in [9.17, 15) is 26.0 Å². The third kappa shape index (κ3) is 3.82. The summed E-state index contributed by atoms with van der Waals surface area (Å²) < 4.78 is 82.8. The molecule has 0 amide bonds. The number of halogens is 5. The number of alkyl halides is 3. The van der Waals surface area contributed by atoms with E-state index in [1.165, 1.54) is 12.1 Å². The van der Waals surface area contributed by atoms with Crippen molar-refractivity contribution >= 4 is 26.0 Å². The Kier molecular flexibility index (Phi) is 5.11. The quantitative estimate of drug-likeness (QED) is 0.543. The predicted molar refractivity (Wildman–Crippen MR) is 96.1 cm³/mol. The van der Waals surface area contributed by atoms with E-state index in [0.29, 0.717) is 10.5 Å². The van der Waals surface area contributed by atoms with Gasteiger partial charge >= 0.3 is 6.18 Å². The van der Waals surface area contributed by atoms with E-state index in [0.717, 1.165) is 17.7 Å². The normalized spacial score (nSPS) is 12.4. The molecule has 0 radical (unpaired) electrons. The van der Waals surface area contributed by atoms with Gasteiger partial charge in [0, 0.05) is 10.0 Å². The fraction of sp³-hybridized carbons (Fsp3) is 0.118. The SMILES string of the molecule is Cc1ccc(-c2onc(C(F)(F)F)c2-c2ccc(S(N)(=O)=O)c(F)c2)cc1Br. The standard InChI is InChI=1S/C17H11BrF4N2O3S/c1-8-2-3-10(6-11(8)18)15-14(16(24-27-15)17(20,21)22)9-4-5-13(12(19)7-9)28(23,25)26/h2-7H,1H3,(H2,23,25,26). The van der Waals surface area contributed by atoms with E-state index in [1.807, 2.05) is 0 Å². The maximum Gasteiger partial charge on any atom is 0.437 e. The molecule has 0 aliphatic rings. The molecule has 148 valence electrons. The lowest BCUT2D eigenvalue weighted by Gasteiger charge is -2.09. The Morgan fingerprint density at radius 3 is 2.29 bits per heavy atom. The van der Waals surface area contributed by atoms with Gasteiger partial charge in [-0.05, 0) is 36.2 Å². The molecule has 5 nitrogen and oxygen atoms in total. The van der Waals surface area contributed by atoms with Crippen molar-refractivity contribution in [3.63, 3.8) is 0 Å². The van der Waals surface area contributed by atoms with Gasteiger partial charge in [0.2, 0.25) is 10.0 Å². The molecule has 0 aliphatic carbocycles. The molecule has 0 atom stereocenters. The number of hydrogen-bond donors (Lipinski definition) is 1. The first kappa shape index (κ1) is 20.5. The van der Waals surface area contributed by atoms with Crippen LogP contribution < -0.4 is 5.14 Å². The molecule has 0 unspecified atom stereocenters. The van der Waals surface area contributed by atoms with Gasteiger partial charge in [-0.15, -0.1) is 0 Å². The molecule has 11 heteroatoms. The molecule has 1 aromatic heterocycles. The molecular formula is C17H11BrF4N2O3S. The number of primary sulfonamides is 1. The molecule has 0 spiro atoms. The zero-order valence-corrected chi connectivity index (χ0v) is 16.4. The van der Waals surface area contributed by atoms with Crippen LogP contribution >= 0.6 is 15.9 Å². The van der Waals surface area contributed by atoms with Crippen molar-refractivity contribution in [3.8, 4) is 22.5 Å². The maximum absolute atomic E-state index is 14.2. The zero-order chi connectivity index (χ0) is 20.9. The van der Waals surface area contributed by atoms with E-state index < -0.39 is 38.2 Å². The zero-order valence-electron chi connectivity index (χ0n) is 14.0. The first-order valence-electron chi connectivity index (χ1n) is 7.55. The molecule has 0 saturated heterocycles. The van der Waals surface area contributed by atoms with Crippen molar-refractivity contribution < 1.29 is 30.5 Å². The van der Waals surface area contributed by atoms with Crippen LogP contribution in [0.1, 0.15) is 11.3 Å². The van der Waals surface area contributed by atoms with Gasteiger partial charge in [0.05, 0.1) is 5.56 Å². The maximum atomic E-state index is 14.2. The average Bonchev–Trinajstić information content (AvgIpc) is 3.01. The van der Waals surface area contributed by atoms with Gasteiger partial charge in [-0.3, -0.25) is 0 Å². The highest BCUT2D eigenvalue weighted by Crippen LogP contribution is 2.43. The van der Waals surface area contributed by atoms with Crippen LogP contribution in [0.4, 0.5) is 17.6 Å². The Balaban J connectivity index is 2.28. The summed E-state index contributed by atoms with van der Waals surface area (Å²) in [5.41, 5.74) is -1.02. The van der Waals surface area contributed by atoms with Gasteiger partial charge < -0.3 is 4.52 Å². The molecule has 28 heavy (non-hydrogen) atoms. The average molecular weight is 479 g/mol. The Morgan fingerprint density at radius 2 is 1.75 bits per heavy atom. The third-order valence-electron chi connectivity index (χ3n) is 3.92. The second kappa shape index (κ2) is 6.98. The van der Waals surface area contributed by atoms with Crippen molar-refractivity contribution in [2.24, 2.45) is 5.14 Å². The lowest BCUT2D eigenvalue weighted by Crippen LogP contribution is -2.14. The van der Waals surface area contributed by atoms with Crippen molar-refractivity contribution in [2.75, 3.05) is 0 Å². The van der Waals surface area contributed by atoms with Crippen LogP contribution in [-0.4, -0.2) is 13.6 Å². The minimum absolute atomic E-state index is 0.240. The fourth-order valence-electron chi connectivity index (χ4n) is 2.57. The number of hydrogen-bond acceptors (Lipinski definition) is 4. The van der Waals surface area contributed by atoms with E-state index in [2.05, 4.69) is 21.1 Å². The van der Waals surface area contributed by atoms with Gasteiger partial charge in [0.25, 0.3) is 0 Å². The number of rotatable bonds is 3. The molecule has 3 rings (SSSR count). The first-order chi connectivity index (χ1) is 12.9. The number of aryl methyl sites for hydroxylation is 1. The molecule has 2 N–H and O–H groups in total. The summed E-state index contributed by atoms with van der Waals surface area (Å²) in [7, 11) is -4.37. The molecule has 0 aliphatic heterocycles. The van der Waals surface area contributed by atoms with Crippen molar-refractivity contribution in [1.29, 1.82) is 0 Å². The summed E-state index contributed by atoms with van der Waals surface area (Å²) in [6, 6.07) is 7.17. The van der Waals surface area contributed by atoms with Gasteiger partial charge in [0.15, 0.2) is 11.5 Å². The van der Waals surface area contributed by atoms with Gasteiger partial charge in [-0.1, -0.05) is 39.3 Å². The number of sulfonamides is 1. The van der Waals surface area contributed by atoms with E-state index in [1.54, 1.807) is 13.0 Å². The van der Waals surface area contributed by atoms with Gasteiger partial charge in [-0.25, -0.2) is 17.9 Å². The van der Waals surface area contributed by atoms with Gasteiger partial charge in [0.1, 0.15) is 10.7 Å².